The second kappa shape index (κ2) is 8.28. The first kappa shape index (κ1) is 20.0. The summed E-state index contributed by atoms with van der Waals surface area (Å²) in [6, 6.07) is 19.6. The van der Waals surface area contributed by atoms with Crippen LogP contribution in [0.2, 0.25) is 0 Å². The number of hydrogen-bond donors (Lipinski definition) is 2. The summed E-state index contributed by atoms with van der Waals surface area (Å²) >= 11 is 0. The molecule has 0 bridgehead atoms. The van der Waals surface area contributed by atoms with E-state index in [2.05, 4.69) is 16.0 Å². The van der Waals surface area contributed by atoms with Gasteiger partial charge in [0.05, 0.1) is 23.5 Å². The monoisotopic (exact) mass is 426 g/mol. The molecule has 0 spiro atoms. The number of benzene rings is 2. The van der Waals surface area contributed by atoms with E-state index in [0.29, 0.717) is 18.2 Å². The third kappa shape index (κ3) is 3.74. The normalized spacial score (nSPS) is 15.3. The molecule has 0 radical (unpaired) electrons. The Morgan fingerprint density at radius 2 is 1.81 bits per heavy atom. The molecule has 160 valence electrons. The summed E-state index contributed by atoms with van der Waals surface area (Å²) in [6.45, 7) is 0.407. The van der Waals surface area contributed by atoms with Crippen LogP contribution in [-0.4, -0.2) is 28.0 Å². The Hall–Kier alpha value is -3.97. The van der Waals surface area contributed by atoms with Crippen LogP contribution in [0.15, 0.2) is 72.9 Å². The van der Waals surface area contributed by atoms with E-state index in [1.165, 1.54) is 6.08 Å². The maximum absolute atomic E-state index is 13.6. The van der Waals surface area contributed by atoms with Crippen LogP contribution in [0, 0.1) is 0 Å². The number of hydroxylamine groups is 1. The molecule has 0 atom stereocenters. The minimum atomic E-state index is -0.590. The second-order valence-corrected chi connectivity index (χ2v) is 7.91. The Bertz CT molecular complexity index is 1200. The molecule has 1 fully saturated rings. The van der Waals surface area contributed by atoms with Crippen molar-refractivity contribution >= 4 is 35.1 Å². The summed E-state index contributed by atoms with van der Waals surface area (Å²) in [5.74, 6) is 0.0539. The molecular formula is C25H22N4O3. The van der Waals surface area contributed by atoms with Gasteiger partial charge >= 0.3 is 0 Å². The lowest BCUT2D eigenvalue weighted by atomic mass is 10.1. The predicted octanol–water partition coefficient (Wildman–Crippen LogP) is 4.06. The quantitative estimate of drug-likeness (QED) is 0.365. The number of aromatic nitrogens is 1. The van der Waals surface area contributed by atoms with Crippen molar-refractivity contribution in [2.24, 2.45) is 0 Å². The molecule has 2 aliphatic rings. The van der Waals surface area contributed by atoms with Gasteiger partial charge in [-0.1, -0.05) is 36.4 Å². The van der Waals surface area contributed by atoms with Gasteiger partial charge in [-0.05, 0) is 54.3 Å². The summed E-state index contributed by atoms with van der Waals surface area (Å²) in [4.78, 5) is 33.4. The zero-order valence-electron chi connectivity index (χ0n) is 17.3. The second-order valence-electron chi connectivity index (χ2n) is 7.91. The van der Waals surface area contributed by atoms with Crippen LogP contribution in [-0.2, 0) is 11.3 Å². The number of amides is 2. The van der Waals surface area contributed by atoms with Gasteiger partial charge in [0.2, 0.25) is 0 Å². The highest BCUT2D eigenvalue weighted by molar-refractivity contribution is 6.13. The zero-order valence-corrected chi connectivity index (χ0v) is 17.3. The van der Waals surface area contributed by atoms with Crippen LogP contribution in [0.3, 0.4) is 0 Å². The van der Waals surface area contributed by atoms with Gasteiger partial charge < -0.3 is 9.80 Å². The molecule has 1 aromatic heterocycles. The molecule has 1 saturated carbocycles. The number of hydrogen-bond acceptors (Lipinski definition) is 5. The molecule has 2 N–H and O–H groups in total. The van der Waals surface area contributed by atoms with E-state index < -0.39 is 5.91 Å². The number of nitrogens with one attached hydrogen (secondary N) is 1. The van der Waals surface area contributed by atoms with Crippen molar-refractivity contribution < 1.29 is 14.8 Å². The van der Waals surface area contributed by atoms with E-state index in [9.17, 15) is 9.59 Å². The molecule has 7 nitrogen and oxygen atoms in total. The van der Waals surface area contributed by atoms with Gasteiger partial charge in [-0.15, -0.1) is 0 Å². The first-order chi connectivity index (χ1) is 15.7. The summed E-state index contributed by atoms with van der Waals surface area (Å²) in [7, 11) is 0. The highest BCUT2D eigenvalue weighted by Gasteiger charge is 2.38. The average molecular weight is 426 g/mol. The van der Waals surface area contributed by atoms with Crippen LogP contribution in [0.1, 0.15) is 34.3 Å². The van der Waals surface area contributed by atoms with E-state index in [4.69, 9.17) is 5.21 Å². The zero-order chi connectivity index (χ0) is 22.1. The first-order valence-electron chi connectivity index (χ1n) is 10.5. The number of para-hydroxylation sites is 2. The van der Waals surface area contributed by atoms with E-state index in [0.717, 1.165) is 41.2 Å². The van der Waals surface area contributed by atoms with Crippen LogP contribution < -0.4 is 15.3 Å². The lowest BCUT2D eigenvalue weighted by Crippen LogP contribution is -2.29. The maximum Gasteiger partial charge on any atom is 0.267 e. The fraction of sp³-hybridized carbons (Fsp3) is 0.160. The molecule has 1 aliphatic heterocycles. The number of rotatable bonds is 5. The van der Waals surface area contributed by atoms with Crippen LogP contribution in [0.25, 0.3) is 6.08 Å². The Labute approximate surface area is 185 Å². The van der Waals surface area contributed by atoms with Crippen LogP contribution >= 0.6 is 0 Å². The minimum Gasteiger partial charge on any atom is -0.321 e. The maximum atomic E-state index is 13.6. The van der Waals surface area contributed by atoms with Crippen molar-refractivity contribution in [3.63, 3.8) is 0 Å². The van der Waals surface area contributed by atoms with Gasteiger partial charge in [-0.3, -0.25) is 14.8 Å². The first-order valence-corrected chi connectivity index (χ1v) is 10.5. The number of nitrogens with zero attached hydrogens (tertiary/aromatic N) is 3. The van der Waals surface area contributed by atoms with Crippen molar-refractivity contribution in [3.05, 3.63) is 89.6 Å². The van der Waals surface area contributed by atoms with E-state index >= 15 is 0 Å². The van der Waals surface area contributed by atoms with Crippen molar-refractivity contribution in [1.82, 2.24) is 10.5 Å². The summed E-state index contributed by atoms with van der Waals surface area (Å²) in [5.41, 5.74) is 5.81. The fourth-order valence-electron chi connectivity index (χ4n) is 4.01. The number of pyridine rings is 1. The molecule has 0 saturated heterocycles. The van der Waals surface area contributed by atoms with Crippen LogP contribution in [0.5, 0.6) is 0 Å². The summed E-state index contributed by atoms with van der Waals surface area (Å²) < 4.78 is 0. The topological polar surface area (TPSA) is 85.8 Å². The smallest absolute Gasteiger partial charge is 0.267 e. The lowest BCUT2D eigenvalue weighted by Gasteiger charge is -2.26. The molecular weight excluding hydrogens is 404 g/mol. The molecule has 0 unspecified atom stereocenters. The molecule has 32 heavy (non-hydrogen) atoms. The SMILES string of the molecule is O=C(/C=C/c1ccc(CN2C(=O)c3cccnc3N(C3CC3)c3ccccc32)cc1)NO. The standard InChI is InChI=1S/C25H22N4O3/c30-23(27-32)14-11-17-7-9-18(10-8-17)16-28-21-5-1-2-6-22(21)29(19-12-13-19)24-20(25(28)31)4-3-15-26-24/h1-11,14-15,19,32H,12-13,16H2,(H,27,30)/b14-11+. The van der Waals surface area contributed by atoms with E-state index in [-0.39, 0.29) is 5.91 Å². The van der Waals surface area contributed by atoms with Crippen molar-refractivity contribution in [2.75, 3.05) is 9.80 Å². The number of anilines is 3. The number of carbonyl (C=O) groups excluding carboxylic acids is 2. The van der Waals surface area contributed by atoms with Gasteiger partial charge in [0.1, 0.15) is 5.82 Å². The molecule has 2 aromatic carbocycles. The molecule has 5 rings (SSSR count). The minimum absolute atomic E-state index is 0.0766. The van der Waals surface area contributed by atoms with Gasteiger partial charge in [-0.25, -0.2) is 10.5 Å². The van der Waals surface area contributed by atoms with E-state index in [1.807, 2.05) is 53.4 Å². The third-order valence-corrected chi connectivity index (χ3v) is 5.69. The van der Waals surface area contributed by atoms with Gasteiger partial charge in [0.15, 0.2) is 0 Å². The van der Waals surface area contributed by atoms with Gasteiger partial charge in [0, 0.05) is 18.3 Å². The highest BCUT2D eigenvalue weighted by Crippen LogP contribution is 2.45. The summed E-state index contributed by atoms with van der Waals surface area (Å²) in [6.07, 6.45) is 6.77. The fourth-order valence-corrected chi connectivity index (χ4v) is 4.01. The van der Waals surface area contributed by atoms with Crippen molar-refractivity contribution in [2.45, 2.75) is 25.4 Å². The number of fused-ring (bicyclic) bond motifs is 2. The molecule has 2 heterocycles. The largest absolute Gasteiger partial charge is 0.321 e. The average Bonchev–Trinajstić information content (AvgIpc) is 3.68. The van der Waals surface area contributed by atoms with Gasteiger partial charge in [0.25, 0.3) is 11.8 Å². The Kier molecular flexibility index (Phi) is 5.17. The predicted molar refractivity (Wildman–Crippen MR) is 122 cm³/mol. The molecule has 1 aliphatic carbocycles. The highest BCUT2D eigenvalue weighted by atomic mass is 16.5. The Morgan fingerprint density at radius 3 is 2.53 bits per heavy atom. The summed E-state index contributed by atoms with van der Waals surface area (Å²) in [5, 5.41) is 8.60. The van der Waals surface area contributed by atoms with Crippen LogP contribution in [0.4, 0.5) is 17.2 Å². The molecule has 7 heteroatoms. The third-order valence-electron chi connectivity index (χ3n) is 5.69. The lowest BCUT2D eigenvalue weighted by molar-refractivity contribution is -0.124. The molecule has 2 amide bonds. The van der Waals surface area contributed by atoms with Crippen molar-refractivity contribution in [1.29, 1.82) is 0 Å². The van der Waals surface area contributed by atoms with Gasteiger partial charge in [-0.2, -0.15) is 0 Å². The number of carbonyl (C=O) groups is 2. The van der Waals surface area contributed by atoms with E-state index in [1.54, 1.807) is 23.8 Å². The molecule has 3 aromatic rings. The Balaban J connectivity index is 1.51. The van der Waals surface area contributed by atoms with Crippen molar-refractivity contribution in [3.8, 4) is 0 Å². The Morgan fingerprint density at radius 1 is 1.06 bits per heavy atom.